The lowest BCUT2D eigenvalue weighted by Gasteiger charge is -2.22. The molecule has 0 radical (unpaired) electrons. The van der Waals surface area contributed by atoms with E-state index in [9.17, 15) is 0 Å². The summed E-state index contributed by atoms with van der Waals surface area (Å²) < 4.78 is 8.60. The summed E-state index contributed by atoms with van der Waals surface area (Å²) in [5.74, 6) is 2.58. The van der Waals surface area contributed by atoms with Gasteiger partial charge >= 0.3 is 0 Å². The summed E-state index contributed by atoms with van der Waals surface area (Å²) in [7, 11) is 2.18. The highest BCUT2D eigenvalue weighted by molar-refractivity contribution is 5.81. The number of nitrogens with zero attached hydrogens (tertiary/aromatic N) is 1. The third-order valence-corrected chi connectivity index (χ3v) is 5.52. The van der Waals surface area contributed by atoms with Crippen molar-refractivity contribution in [2.45, 2.75) is 25.2 Å². The highest BCUT2D eigenvalue weighted by Crippen LogP contribution is 2.41. The van der Waals surface area contributed by atoms with Crippen molar-refractivity contribution in [2.24, 2.45) is 7.05 Å². The molecule has 0 unspecified atom stereocenters. The first-order valence-corrected chi connectivity index (χ1v) is 9.03. The lowest BCUT2D eigenvalue weighted by atomic mass is 9.84. The predicted molar refractivity (Wildman–Crippen MR) is 102 cm³/mol. The van der Waals surface area contributed by atoms with Crippen LogP contribution in [0.3, 0.4) is 0 Å². The third-order valence-electron chi connectivity index (χ3n) is 5.52. The molecule has 25 heavy (non-hydrogen) atoms. The summed E-state index contributed by atoms with van der Waals surface area (Å²) in [6.45, 7) is 0. The van der Waals surface area contributed by atoms with Crippen LogP contribution >= 0.6 is 0 Å². The molecule has 1 aliphatic carbocycles. The van der Waals surface area contributed by atoms with Gasteiger partial charge in [-0.25, -0.2) is 0 Å². The van der Waals surface area contributed by atoms with E-state index in [2.05, 4.69) is 72.3 Å². The fourth-order valence-corrected chi connectivity index (χ4v) is 4.25. The molecule has 2 aromatic carbocycles. The smallest absolute Gasteiger partial charge is 0.134 e. The van der Waals surface area contributed by atoms with Gasteiger partial charge in [-0.2, -0.15) is 0 Å². The molecule has 1 atom stereocenters. The third kappa shape index (κ3) is 2.32. The molecule has 0 N–H and O–H groups in total. The minimum Gasteiger partial charge on any atom is -0.461 e. The molecular formula is C23H21NO. The largest absolute Gasteiger partial charge is 0.461 e. The summed E-state index contributed by atoms with van der Waals surface area (Å²) in [6.07, 6.45) is 3.41. The second-order valence-corrected chi connectivity index (χ2v) is 6.99. The summed E-state index contributed by atoms with van der Waals surface area (Å²) in [5, 5.41) is 1.32. The second-order valence-electron chi connectivity index (χ2n) is 6.99. The van der Waals surface area contributed by atoms with Crippen LogP contribution in [0.15, 0.2) is 71.1 Å². The monoisotopic (exact) mass is 327 g/mol. The quantitative estimate of drug-likeness (QED) is 0.448. The van der Waals surface area contributed by atoms with Crippen molar-refractivity contribution in [3.63, 3.8) is 0 Å². The van der Waals surface area contributed by atoms with Crippen LogP contribution in [0.5, 0.6) is 0 Å². The Kier molecular flexibility index (Phi) is 3.30. The highest BCUT2D eigenvalue weighted by Gasteiger charge is 2.28. The van der Waals surface area contributed by atoms with Crippen molar-refractivity contribution in [1.29, 1.82) is 0 Å². The van der Waals surface area contributed by atoms with Gasteiger partial charge in [-0.05, 0) is 36.4 Å². The first kappa shape index (κ1) is 14.6. The Labute approximate surface area is 147 Å². The van der Waals surface area contributed by atoms with E-state index in [1.165, 1.54) is 40.8 Å². The van der Waals surface area contributed by atoms with E-state index in [4.69, 9.17) is 4.42 Å². The summed E-state index contributed by atoms with van der Waals surface area (Å²) in [4.78, 5) is 0. The van der Waals surface area contributed by atoms with E-state index in [0.717, 1.165) is 17.7 Å². The van der Waals surface area contributed by atoms with Crippen LogP contribution in [0.25, 0.3) is 22.2 Å². The molecule has 0 aliphatic heterocycles. The second kappa shape index (κ2) is 5.66. The molecule has 2 aromatic heterocycles. The predicted octanol–water partition coefficient (Wildman–Crippen LogP) is 5.91. The van der Waals surface area contributed by atoms with Crippen LogP contribution in [-0.4, -0.2) is 4.57 Å². The van der Waals surface area contributed by atoms with Crippen molar-refractivity contribution in [1.82, 2.24) is 4.57 Å². The molecule has 0 amide bonds. The molecule has 5 rings (SSSR count). The number of aryl methyl sites for hydroxylation is 2. The molecule has 0 fully saturated rings. The molecule has 124 valence electrons. The first-order valence-electron chi connectivity index (χ1n) is 9.03. The number of hydrogen-bond acceptors (Lipinski definition) is 1. The van der Waals surface area contributed by atoms with Crippen molar-refractivity contribution < 1.29 is 4.42 Å². The Morgan fingerprint density at radius 3 is 2.60 bits per heavy atom. The van der Waals surface area contributed by atoms with Crippen LogP contribution in [-0.2, 0) is 13.5 Å². The Bertz CT molecular complexity index is 1040. The summed E-state index contributed by atoms with van der Waals surface area (Å²) in [6, 6.07) is 23.7. The van der Waals surface area contributed by atoms with Gasteiger partial charge in [0.2, 0.25) is 0 Å². The fourth-order valence-electron chi connectivity index (χ4n) is 4.25. The molecule has 0 bridgehead atoms. The number of fused-ring (bicyclic) bond motifs is 2. The average Bonchev–Trinajstić information content (AvgIpc) is 3.24. The lowest BCUT2D eigenvalue weighted by molar-refractivity contribution is 0.468. The first-order chi connectivity index (χ1) is 12.3. The van der Waals surface area contributed by atoms with E-state index in [-0.39, 0.29) is 0 Å². The van der Waals surface area contributed by atoms with Gasteiger partial charge in [0.15, 0.2) is 0 Å². The molecule has 4 aromatic rings. The van der Waals surface area contributed by atoms with Gasteiger partial charge in [-0.15, -0.1) is 0 Å². The summed E-state index contributed by atoms with van der Waals surface area (Å²) in [5.41, 5.74) is 5.22. The fraction of sp³-hybridized carbons (Fsp3) is 0.217. The molecule has 2 heterocycles. The van der Waals surface area contributed by atoms with Gasteiger partial charge in [0.05, 0.1) is 0 Å². The Balaban J connectivity index is 1.63. The van der Waals surface area contributed by atoms with Crippen molar-refractivity contribution in [3.8, 4) is 11.3 Å². The number of benzene rings is 2. The van der Waals surface area contributed by atoms with Crippen LogP contribution in [0, 0.1) is 0 Å². The maximum atomic E-state index is 6.25. The van der Waals surface area contributed by atoms with Crippen molar-refractivity contribution in [3.05, 3.63) is 83.7 Å². The highest BCUT2D eigenvalue weighted by atomic mass is 16.3. The zero-order chi connectivity index (χ0) is 16.8. The Morgan fingerprint density at radius 1 is 0.960 bits per heavy atom. The van der Waals surface area contributed by atoms with Crippen molar-refractivity contribution in [2.75, 3.05) is 0 Å². The Morgan fingerprint density at radius 2 is 1.76 bits per heavy atom. The zero-order valence-corrected chi connectivity index (χ0v) is 14.4. The SMILES string of the molecule is Cn1c([C@@H]2CCCc3oc(-c4ccccc4)cc32)cc2ccccc21. The van der Waals surface area contributed by atoms with Gasteiger partial charge in [0.25, 0.3) is 0 Å². The lowest BCUT2D eigenvalue weighted by Crippen LogP contribution is -2.12. The molecule has 2 nitrogen and oxygen atoms in total. The van der Waals surface area contributed by atoms with E-state index >= 15 is 0 Å². The van der Waals surface area contributed by atoms with Crippen LogP contribution < -0.4 is 0 Å². The molecule has 0 saturated carbocycles. The van der Waals surface area contributed by atoms with Crippen molar-refractivity contribution >= 4 is 10.9 Å². The standard InChI is InChI=1S/C23H21NO/c1-24-20-12-6-5-10-17(20)14-21(24)18-11-7-13-22-19(18)15-23(25-22)16-8-3-2-4-9-16/h2-6,8-10,12,14-15,18H,7,11,13H2,1H3/t18-/m1/s1. The maximum Gasteiger partial charge on any atom is 0.134 e. The number of aromatic nitrogens is 1. The van der Waals surface area contributed by atoms with Gasteiger partial charge in [-0.3, -0.25) is 0 Å². The zero-order valence-electron chi connectivity index (χ0n) is 14.4. The van der Waals surface area contributed by atoms with Gasteiger partial charge in [0, 0.05) is 41.7 Å². The van der Waals surface area contributed by atoms with Crippen LogP contribution in [0.1, 0.15) is 35.8 Å². The molecule has 2 heteroatoms. The number of furan rings is 1. The molecule has 0 saturated heterocycles. The van der Waals surface area contributed by atoms with E-state index < -0.39 is 0 Å². The molecule has 1 aliphatic rings. The molecule has 0 spiro atoms. The van der Waals surface area contributed by atoms with Gasteiger partial charge in [-0.1, -0.05) is 48.5 Å². The normalized spacial score (nSPS) is 16.9. The average molecular weight is 327 g/mol. The van der Waals surface area contributed by atoms with E-state index in [0.29, 0.717) is 5.92 Å². The van der Waals surface area contributed by atoms with E-state index in [1.807, 2.05) is 6.07 Å². The minimum atomic E-state index is 0.419. The van der Waals surface area contributed by atoms with Gasteiger partial charge < -0.3 is 8.98 Å². The maximum absolute atomic E-state index is 6.25. The van der Waals surface area contributed by atoms with E-state index in [1.54, 1.807) is 0 Å². The topological polar surface area (TPSA) is 18.1 Å². The number of hydrogen-bond donors (Lipinski definition) is 0. The minimum absolute atomic E-state index is 0.419. The van der Waals surface area contributed by atoms with Crippen LogP contribution in [0.4, 0.5) is 0 Å². The molecular weight excluding hydrogens is 306 g/mol. The summed E-state index contributed by atoms with van der Waals surface area (Å²) >= 11 is 0. The number of rotatable bonds is 2. The van der Waals surface area contributed by atoms with Crippen LogP contribution in [0.2, 0.25) is 0 Å². The van der Waals surface area contributed by atoms with Gasteiger partial charge in [0.1, 0.15) is 11.5 Å². The Hall–Kier alpha value is -2.74. The number of para-hydroxylation sites is 1.